The molecule has 0 bridgehead atoms. The molecular formula is C21H19NOSe. The van der Waals surface area contributed by atoms with Gasteiger partial charge in [-0.3, -0.25) is 0 Å². The maximum atomic E-state index is 13.0. The van der Waals surface area contributed by atoms with Gasteiger partial charge in [0.15, 0.2) is 0 Å². The van der Waals surface area contributed by atoms with E-state index in [2.05, 4.69) is 41.0 Å². The van der Waals surface area contributed by atoms with E-state index in [0.717, 1.165) is 28.4 Å². The van der Waals surface area contributed by atoms with Crippen molar-refractivity contribution in [3.63, 3.8) is 0 Å². The van der Waals surface area contributed by atoms with Crippen molar-refractivity contribution in [2.75, 3.05) is 0 Å². The van der Waals surface area contributed by atoms with Crippen LogP contribution in [0.3, 0.4) is 0 Å². The molecule has 3 aromatic rings. The van der Waals surface area contributed by atoms with Crippen molar-refractivity contribution in [3.05, 3.63) is 78.5 Å². The zero-order valence-electron chi connectivity index (χ0n) is 13.4. The number of hydrogen-bond acceptors (Lipinski definition) is 1. The minimum atomic E-state index is -0.189. The van der Waals surface area contributed by atoms with Gasteiger partial charge in [0, 0.05) is 0 Å². The Labute approximate surface area is 148 Å². The second-order valence-corrected chi connectivity index (χ2v) is 8.28. The number of aromatic nitrogens is 1. The monoisotopic (exact) mass is 381 g/mol. The molecule has 0 N–H and O–H groups in total. The second-order valence-electron chi connectivity index (χ2n) is 6.09. The standard InChI is InChI=1S/C21H19NOSe/c23-21(24-18-12-5-2-6-13-18)20-15-16-9-7-8-14-19(16)22(20)17-10-3-1-4-11-17/h2-3,5-10,12-15,17H,1,4,11H2. The van der Waals surface area contributed by atoms with Gasteiger partial charge in [0.05, 0.1) is 0 Å². The Balaban J connectivity index is 1.77. The first-order valence-electron chi connectivity index (χ1n) is 8.37. The van der Waals surface area contributed by atoms with Crippen molar-refractivity contribution in [1.82, 2.24) is 4.57 Å². The Morgan fingerprint density at radius 1 is 1.04 bits per heavy atom. The van der Waals surface area contributed by atoms with Gasteiger partial charge >= 0.3 is 148 Å². The molecule has 120 valence electrons. The van der Waals surface area contributed by atoms with Crippen LogP contribution in [0.5, 0.6) is 0 Å². The Morgan fingerprint density at radius 3 is 2.62 bits per heavy atom. The topological polar surface area (TPSA) is 22.0 Å². The maximum absolute atomic E-state index is 13.0. The number of para-hydroxylation sites is 1. The zero-order valence-corrected chi connectivity index (χ0v) is 15.1. The molecule has 1 heterocycles. The van der Waals surface area contributed by atoms with E-state index in [0.29, 0.717) is 6.04 Å². The number of allylic oxidation sites excluding steroid dienone is 2. The van der Waals surface area contributed by atoms with E-state index in [9.17, 15) is 4.79 Å². The Hall–Kier alpha value is -2.09. The van der Waals surface area contributed by atoms with Gasteiger partial charge in [0.25, 0.3) is 0 Å². The summed E-state index contributed by atoms with van der Waals surface area (Å²) in [6, 6.07) is 20.8. The summed E-state index contributed by atoms with van der Waals surface area (Å²) >= 11 is -0.189. The van der Waals surface area contributed by atoms with E-state index in [1.807, 2.05) is 36.4 Å². The summed E-state index contributed by atoms with van der Waals surface area (Å²) in [5, 5.41) is 1.16. The Kier molecular flexibility index (Phi) is 4.37. The molecule has 4 rings (SSSR count). The third-order valence-electron chi connectivity index (χ3n) is 4.47. The summed E-state index contributed by atoms with van der Waals surface area (Å²) in [6.07, 6.45) is 7.95. The van der Waals surface area contributed by atoms with Crippen LogP contribution in [0.25, 0.3) is 10.9 Å². The normalized spacial score (nSPS) is 17.2. The van der Waals surface area contributed by atoms with Crippen molar-refractivity contribution in [1.29, 1.82) is 0 Å². The van der Waals surface area contributed by atoms with Crippen molar-refractivity contribution < 1.29 is 4.79 Å². The molecule has 0 saturated heterocycles. The van der Waals surface area contributed by atoms with Crippen molar-refractivity contribution in [2.45, 2.75) is 25.3 Å². The molecule has 24 heavy (non-hydrogen) atoms. The van der Waals surface area contributed by atoms with Crippen LogP contribution in [0.2, 0.25) is 0 Å². The van der Waals surface area contributed by atoms with Crippen LogP contribution in [0, 0.1) is 0 Å². The van der Waals surface area contributed by atoms with Gasteiger partial charge in [-0.2, -0.15) is 0 Å². The predicted octanol–water partition coefficient (Wildman–Crippen LogP) is 4.09. The predicted molar refractivity (Wildman–Crippen MR) is 100 cm³/mol. The van der Waals surface area contributed by atoms with Crippen LogP contribution in [0.1, 0.15) is 35.8 Å². The Bertz CT molecular complexity index is 895. The molecule has 1 aliphatic carbocycles. The molecule has 0 fully saturated rings. The fourth-order valence-corrected chi connectivity index (χ4v) is 4.96. The molecule has 0 amide bonds. The van der Waals surface area contributed by atoms with E-state index in [-0.39, 0.29) is 19.6 Å². The van der Waals surface area contributed by atoms with Gasteiger partial charge in [-0.25, -0.2) is 0 Å². The summed E-state index contributed by atoms with van der Waals surface area (Å²) in [4.78, 5) is 13.0. The summed E-state index contributed by atoms with van der Waals surface area (Å²) < 4.78 is 3.65. The average Bonchev–Trinajstić information content (AvgIpc) is 3.03. The molecule has 0 spiro atoms. The number of fused-ring (bicyclic) bond motifs is 1. The zero-order chi connectivity index (χ0) is 16.4. The molecule has 2 nitrogen and oxygen atoms in total. The number of hydrogen-bond donors (Lipinski definition) is 0. The fourth-order valence-electron chi connectivity index (χ4n) is 3.35. The van der Waals surface area contributed by atoms with Gasteiger partial charge in [0.1, 0.15) is 0 Å². The molecule has 1 unspecified atom stereocenters. The third-order valence-corrected chi connectivity index (χ3v) is 6.36. The molecule has 1 atom stereocenters. The summed E-state index contributed by atoms with van der Waals surface area (Å²) in [5.41, 5.74) is 2.03. The first kappa shape index (κ1) is 15.4. The van der Waals surface area contributed by atoms with E-state index in [4.69, 9.17) is 0 Å². The number of carbonyl (C=O) groups is 1. The first-order chi connectivity index (χ1) is 11.8. The molecule has 2 aromatic carbocycles. The number of benzene rings is 2. The quantitative estimate of drug-likeness (QED) is 0.494. The molecule has 1 aliphatic rings. The molecule has 0 saturated carbocycles. The molecule has 3 heteroatoms. The van der Waals surface area contributed by atoms with Crippen molar-refractivity contribution in [2.24, 2.45) is 0 Å². The summed E-state index contributed by atoms with van der Waals surface area (Å²) in [5.74, 6) is 0. The Morgan fingerprint density at radius 2 is 1.83 bits per heavy atom. The molecule has 0 aliphatic heterocycles. The molecule has 0 radical (unpaired) electrons. The number of carbonyl (C=O) groups excluding carboxylic acids is 1. The average molecular weight is 380 g/mol. The van der Waals surface area contributed by atoms with E-state index >= 15 is 0 Å². The van der Waals surface area contributed by atoms with Crippen LogP contribution in [-0.4, -0.2) is 24.2 Å². The summed E-state index contributed by atoms with van der Waals surface area (Å²) in [6.45, 7) is 0. The van der Waals surface area contributed by atoms with E-state index < -0.39 is 0 Å². The van der Waals surface area contributed by atoms with E-state index in [1.165, 1.54) is 11.9 Å². The van der Waals surface area contributed by atoms with Crippen LogP contribution in [0.15, 0.2) is 72.8 Å². The number of rotatable bonds is 4. The van der Waals surface area contributed by atoms with Crippen molar-refractivity contribution in [3.8, 4) is 0 Å². The minimum absolute atomic E-state index is 0.189. The van der Waals surface area contributed by atoms with Crippen molar-refractivity contribution >= 4 is 35.0 Å². The fraction of sp³-hybridized carbons (Fsp3) is 0.190. The second kappa shape index (κ2) is 6.80. The van der Waals surface area contributed by atoms with Gasteiger partial charge in [-0.15, -0.1) is 0 Å². The van der Waals surface area contributed by atoms with Gasteiger partial charge in [0.2, 0.25) is 0 Å². The number of nitrogens with zero attached hydrogens (tertiary/aromatic N) is 1. The third kappa shape index (κ3) is 2.98. The van der Waals surface area contributed by atoms with E-state index in [1.54, 1.807) is 0 Å². The van der Waals surface area contributed by atoms with Crippen LogP contribution < -0.4 is 4.46 Å². The van der Waals surface area contributed by atoms with Crippen LogP contribution in [-0.2, 0) is 0 Å². The summed E-state index contributed by atoms with van der Waals surface area (Å²) in [7, 11) is 0. The van der Waals surface area contributed by atoms with Gasteiger partial charge < -0.3 is 0 Å². The first-order valence-corrected chi connectivity index (χ1v) is 10.1. The van der Waals surface area contributed by atoms with Gasteiger partial charge in [-0.1, -0.05) is 0 Å². The van der Waals surface area contributed by atoms with Gasteiger partial charge in [-0.05, 0) is 0 Å². The van der Waals surface area contributed by atoms with Crippen LogP contribution >= 0.6 is 0 Å². The molecule has 1 aromatic heterocycles. The van der Waals surface area contributed by atoms with Crippen LogP contribution in [0.4, 0.5) is 0 Å². The molecular weight excluding hydrogens is 361 g/mol. The SMILES string of the molecule is O=C([Se]c1ccccc1)c1cc2ccccc2n1C1C=CCCC1.